The molecule has 4 nitrogen and oxygen atoms in total. The van der Waals surface area contributed by atoms with Crippen molar-refractivity contribution < 1.29 is 13.5 Å². The predicted molar refractivity (Wildman–Crippen MR) is 40.4 cm³/mol. The van der Waals surface area contributed by atoms with Gasteiger partial charge in [-0.05, 0) is 0 Å². The molecule has 0 spiro atoms. The van der Waals surface area contributed by atoms with Crippen molar-refractivity contribution in [3.8, 4) is 5.75 Å². The lowest BCUT2D eigenvalue weighted by atomic mass is 10.2. The summed E-state index contributed by atoms with van der Waals surface area (Å²) >= 11 is 0. The fourth-order valence-corrected chi connectivity index (χ4v) is 1.09. The Labute approximate surface area is 71.5 Å². The molecule has 1 aromatic heterocycles. The highest BCUT2D eigenvalue weighted by Crippen LogP contribution is 2.26. The fourth-order valence-electron chi connectivity index (χ4n) is 1.09. The molecule has 1 heterocycles. The lowest BCUT2D eigenvalue weighted by Crippen LogP contribution is -1.93. The standard InChI is InChI=1S/C7H5F2N3O/c1-13-7-3(8)2-4-6(5(7)9)11-12-10-4/h2H,1H3,(H,10,11,12). The molecule has 6 heteroatoms. The summed E-state index contributed by atoms with van der Waals surface area (Å²) in [4.78, 5) is 0. The van der Waals surface area contributed by atoms with Crippen LogP contribution < -0.4 is 4.74 Å². The number of methoxy groups -OCH3 is 1. The summed E-state index contributed by atoms with van der Waals surface area (Å²) in [5, 5.41) is 9.25. The summed E-state index contributed by atoms with van der Waals surface area (Å²) < 4.78 is 30.8. The average molecular weight is 185 g/mol. The second kappa shape index (κ2) is 2.65. The van der Waals surface area contributed by atoms with E-state index in [9.17, 15) is 8.78 Å². The first-order valence-corrected chi connectivity index (χ1v) is 3.46. The van der Waals surface area contributed by atoms with Crippen molar-refractivity contribution in [2.24, 2.45) is 0 Å². The summed E-state index contributed by atoms with van der Waals surface area (Å²) in [6.07, 6.45) is 0. The summed E-state index contributed by atoms with van der Waals surface area (Å²) in [5.74, 6) is -2.07. The van der Waals surface area contributed by atoms with Gasteiger partial charge in [0.05, 0.1) is 7.11 Å². The first kappa shape index (κ1) is 7.90. The maximum absolute atomic E-state index is 13.3. The maximum Gasteiger partial charge on any atom is 0.197 e. The largest absolute Gasteiger partial charge is 0.491 e. The van der Waals surface area contributed by atoms with Crippen LogP contribution in [-0.4, -0.2) is 22.5 Å². The van der Waals surface area contributed by atoms with Gasteiger partial charge in [-0.3, -0.25) is 0 Å². The fraction of sp³-hybridized carbons (Fsp3) is 0.143. The molecule has 2 rings (SSSR count). The molecule has 13 heavy (non-hydrogen) atoms. The van der Waals surface area contributed by atoms with Crippen LogP contribution in [0.5, 0.6) is 5.75 Å². The first-order chi connectivity index (χ1) is 6.24. The van der Waals surface area contributed by atoms with Crippen LogP contribution in [0.25, 0.3) is 11.0 Å². The molecule has 0 saturated heterocycles. The Hall–Kier alpha value is -1.72. The Morgan fingerprint density at radius 1 is 1.38 bits per heavy atom. The number of halogens is 2. The number of ether oxygens (including phenoxy) is 1. The Kier molecular flexibility index (Phi) is 1.61. The zero-order valence-corrected chi connectivity index (χ0v) is 6.64. The molecule has 0 amide bonds. The van der Waals surface area contributed by atoms with E-state index in [1.54, 1.807) is 0 Å². The van der Waals surface area contributed by atoms with Gasteiger partial charge in [0.25, 0.3) is 0 Å². The molecule has 0 radical (unpaired) electrons. The van der Waals surface area contributed by atoms with Crippen LogP contribution in [0, 0.1) is 11.6 Å². The van der Waals surface area contributed by atoms with E-state index in [-0.39, 0.29) is 11.0 Å². The van der Waals surface area contributed by atoms with Crippen LogP contribution >= 0.6 is 0 Å². The van der Waals surface area contributed by atoms with Crippen molar-refractivity contribution >= 4 is 11.0 Å². The van der Waals surface area contributed by atoms with Crippen molar-refractivity contribution in [3.05, 3.63) is 17.7 Å². The highest BCUT2D eigenvalue weighted by molar-refractivity contribution is 5.76. The van der Waals surface area contributed by atoms with E-state index in [1.807, 2.05) is 0 Å². The summed E-state index contributed by atoms with van der Waals surface area (Å²) in [6, 6.07) is 1.06. The monoisotopic (exact) mass is 185 g/mol. The van der Waals surface area contributed by atoms with E-state index in [2.05, 4.69) is 20.1 Å². The van der Waals surface area contributed by atoms with Gasteiger partial charge in [0.2, 0.25) is 0 Å². The highest BCUT2D eigenvalue weighted by Gasteiger charge is 2.16. The van der Waals surface area contributed by atoms with Crippen molar-refractivity contribution in [3.63, 3.8) is 0 Å². The zero-order valence-electron chi connectivity index (χ0n) is 6.64. The Bertz CT molecular complexity index is 454. The third-order valence-corrected chi connectivity index (χ3v) is 1.67. The van der Waals surface area contributed by atoms with E-state index in [0.717, 1.165) is 6.07 Å². The molecule has 2 aromatic rings. The number of benzene rings is 1. The molecule has 0 bridgehead atoms. The van der Waals surface area contributed by atoms with E-state index < -0.39 is 17.4 Å². The minimum absolute atomic E-state index is 0.0294. The van der Waals surface area contributed by atoms with Crippen LogP contribution in [0.15, 0.2) is 6.07 Å². The molecule has 1 aromatic carbocycles. The van der Waals surface area contributed by atoms with Gasteiger partial charge in [-0.1, -0.05) is 0 Å². The minimum atomic E-state index is -0.841. The molecular weight excluding hydrogens is 180 g/mol. The van der Waals surface area contributed by atoms with Crippen LogP contribution in [-0.2, 0) is 0 Å². The lowest BCUT2D eigenvalue weighted by molar-refractivity contribution is 0.362. The number of aromatic amines is 1. The van der Waals surface area contributed by atoms with Crippen LogP contribution in [0.3, 0.4) is 0 Å². The van der Waals surface area contributed by atoms with Crippen molar-refractivity contribution in [1.82, 2.24) is 15.4 Å². The first-order valence-electron chi connectivity index (χ1n) is 3.46. The van der Waals surface area contributed by atoms with Gasteiger partial charge < -0.3 is 4.74 Å². The molecule has 0 unspecified atom stereocenters. The van der Waals surface area contributed by atoms with Gasteiger partial charge in [0, 0.05) is 6.07 Å². The number of aromatic nitrogens is 3. The van der Waals surface area contributed by atoms with Gasteiger partial charge in [-0.15, -0.1) is 0 Å². The smallest absolute Gasteiger partial charge is 0.197 e. The van der Waals surface area contributed by atoms with Gasteiger partial charge >= 0.3 is 0 Å². The van der Waals surface area contributed by atoms with Crippen molar-refractivity contribution in [1.29, 1.82) is 0 Å². The van der Waals surface area contributed by atoms with Gasteiger partial charge in [0.15, 0.2) is 22.9 Å². The van der Waals surface area contributed by atoms with Crippen LogP contribution in [0.1, 0.15) is 0 Å². The van der Waals surface area contributed by atoms with Crippen molar-refractivity contribution in [2.75, 3.05) is 7.11 Å². The number of hydrogen-bond donors (Lipinski definition) is 1. The van der Waals surface area contributed by atoms with E-state index in [1.165, 1.54) is 7.11 Å². The van der Waals surface area contributed by atoms with E-state index in [4.69, 9.17) is 0 Å². The molecule has 0 fully saturated rings. The number of nitrogens with zero attached hydrogens (tertiary/aromatic N) is 2. The Balaban J connectivity index is 2.85. The molecule has 0 aliphatic rings. The number of nitrogens with one attached hydrogen (secondary N) is 1. The minimum Gasteiger partial charge on any atom is -0.491 e. The van der Waals surface area contributed by atoms with Gasteiger partial charge in [-0.25, -0.2) is 8.78 Å². The number of rotatable bonds is 1. The van der Waals surface area contributed by atoms with Gasteiger partial charge in [0.1, 0.15) is 5.52 Å². The SMILES string of the molecule is COc1c(F)cc2n[nH]nc2c1F. The molecule has 68 valence electrons. The summed E-state index contributed by atoms with van der Waals surface area (Å²) in [7, 11) is 1.19. The molecule has 0 aliphatic heterocycles. The third-order valence-electron chi connectivity index (χ3n) is 1.67. The molecule has 1 N–H and O–H groups in total. The molecule has 0 aliphatic carbocycles. The molecule has 0 atom stereocenters. The average Bonchev–Trinajstić information content (AvgIpc) is 2.53. The third kappa shape index (κ3) is 1.02. The summed E-state index contributed by atoms with van der Waals surface area (Å²) in [5.41, 5.74) is 0.106. The molecule has 0 saturated carbocycles. The highest BCUT2D eigenvalue weighted by atomic mass is 19.1. The lowest BCUT2D eigenvalue weighted by Gasteiger charge is -2.01. The predicted octanol–water partition coefficient (Wildman–Crippen LogP) is 1.24. The van der Waals surface area contributed by atoms with E-state index in [0.29, 0.717) is 0 Å². The molecular formula is C7H5F2N3O. The quantitative estimate of drug-likeness (QED) is 0.727. The maximum atomic E-state index is 13.3. The van der Waals surface area contributed by atoms with E-state index >= 15 is 0 Å². The zero-order chi connectivity index (χ0) is 9.42. The van der Waals surface area contributed by atoms with Crippen LogP contribution in [0.4, 0.5) is 8.78 Å². The normalized spacial score (nSPS) is 10.7. The topological polar surface area (TPSA) is 50.8 Å². The number of fused-ring (bicyclic) bond motifs is 1. The Morgan fingerprint density at radius 2 is 2.15 bits per heavy atom. The number of hydrogen-bond acceptors (Lipinski definition) is 3. The number of H-pyrrole nitrogens is 1. The van der Waals surface area contributed by atoms with Crippen molar-refractivity contribution in [2.45, 2.75) is 0 Å². The second-order valence-corrected chi connectivity index (χ2v) is 2.40. The van der Waals surface area contributed by atoms with Crippen LogP contribution in [0.2, 0.25) is 0 Å². The summed E-state index contributed by atoms with van der Waals surface area (Å²) in [6.45, 7) is 0. The second-order valence-electron chi connectivity index (χ2n) is 2.40. The van der Waals surface area contributed by atoms with Gasteiger partial charge in [-0.2, -0.15) is 15.4 Å². The Morgan fingerprint density at radius 3 is 2.85 bits per heavy atom.